The molecule has 0 bridgehead atoms. The Morgan fingerprint density at radius 3 is 2.57 bits per heavy atom. The van der Waals surface area contributed by atoms with Gasteiger partial charge < -0.3 is 4.90 Å². The molecule has 6 nitrogen and oxygen atoms in total. The first-order chi connectivity index (χ1) is 10.1. The van der Waals surface area contributed by atoms with Crippen LogP contribution in [0.4, 0.5) is 5.69 Å². The van der Waals surface area contributed by atoms with Gasteiger partial charge in [0.2, 0.25) is 4.77 Å². The highest BCUT2D eigenvalue weighted by atomic mass is 35.5. The molecule has 1 aliphatic heterocycles. The third-order valence-corrected chi connectivity index (χ3v) is 4.37. The fourth-order valence-corrected chi connectivity index (χ4v) is 2.77. The fraction of sp³-hybridized carbons (Fsp3) is 0.462. The highest BCUT2D eigenvalue weighted by molar-refractivity contribution is 7.71. The average molecular weight is 325 g/mol. The zero-order valence-electron chi connectivity index (χ0n) is 11.8. The van der Waals surface area contributed by atoms with E-state index in [2.05, 4.69) is 26.3 Å². The lowest BCUT2D eigenvalue weighted by Gasteiger charge is -2.35. The quantitative estimate of drug-likeness (QED) is 0.805. The Morgan fingerprint density at radius 2 is 1.95 bits per heavy atom. The largest absolute Gasteiger partial charge is 0.369 e. The molecule has 1 aliphatic rings. The first-order valence-electron chi connectivity index (χ1n) is 6.83. The molecule has 0 saturated carbocycles. The normalized spacial score (nSPS) is 16.4. The third-order valence-electron chi connectivity index (χ3n) is 3.66. The van der Waals surface area contributed by atoms with Crippen LogP contribution in [0.2, 0.25) is 5.02 Å². The Balaban J connectivity index is 1.60. The van der Waals surface area contributed by atoms with Crippen molar-refractivity contribution in [3.63, 3.8) is 0 Å². The van der Waals surface area contributed by atoms with E-state index in [1.807, 2.05) is 25.2 Å². The first-order valence-corrected chi connectivity index (χ1v) is 7.62. The van der Waals surface area contributed by atoms with Gasteiger partial charge in [0.05, 0.1) is 6.67 Å². The summed E-state index contributed by atoms with van der Waals surface area (Å²) in [4.78, 5) is 4.67. The van der Waals surface area contributed by atoms with Crippen molar-refractivity contribution in [3.05, 3.63) is 34.1 Å². The molecule has 0 unspecified atom stereocenters. The van der Waals surface area contributed by atoms with Crippen molar-refractivity contribution >= 4 is 29.5 Å². The van der Waals surface area contributed by atoms with Crippen LogP contribution >= 0.6 is 23.8 Å². The van der Waals surface area contributed by atoms with Gasteiger partial charge in [0.15, 0.2) is 0 Å². The predicted molar refractivity (Wildman–Crippen MR) is 85.1 cm³/mol. The van der Waals surface area contributed by atoms with Crippen LogP contribution in [0.15, 0.2) is 24.3 Å². The summed E-state index contributed by atoms with van der Waals surface area (Å²) in [5, 5.41) is 8.76. The number of anilines is 1. The minimum absolute atomic E-state index is 0.646. The Morgan fingerprint density at radius 1 is 1.19 bits per heavy atom. The lowest BCUT2D eigenvalue weighted by Crippen LogP contribution is -2.47. The number of nitrogens with zero attached hydrogens (tertiary/aromatic N) is 6. The van der Waals surface area contributed by atoms with Gasteiger partial charge in [-0.15, -0.1) is 0 Å². The SMILES string of the molecule is Cn1nnn(CN2CCN(c3cccc(Cl)c3)CC2)c1=S. The van der Waals surface area contributed by atoms with Crippen LogP contribution < -0.4 is 4.90 Å². The summed E-state index contributed by atoms with van der Waals surface area (Å²) in [5.74, 6) is 0. The molecular formula is C13H17ClN6S. The van der Waals surface area contributed by atoms with Crippen LogP contribution in [0, 0.1) is 4.77 Å². The number of rotatable bonds is 3. The van der Waals surface area contributed by atoms with Crippen molar-refractivity contribution < 1.29 is 0 Å². The molecule has 2 aromatic rings. The van der Waals surface area contributed by atoms with E-state index < -0.39 is 0 Å². The van der Waals surface area contributed by atoms with Crippen molar-refractivity contribution in [3.8, 4) is 0 Å². The first kappa shape index (κ1) is 14.5. The van der Waals surface area contributed by atoms with E-state index in [0.29, 0.717) is 11.4 Å². The third kappa shape index (κ3) is 3.25. The van der Waals surface area contributed by atoms with Crippen LogP contribution in [0.3, 0.4) is 0 Å². The van der Waals surface area contributed by atoms with Crippen LogP contribution in [0.25, 0.3) is 0 Å². The topological polar surface area (TPSA) is 42.1 Å². The van der Waals surface area contributed by atoms with Crippen LogP contribution in [0.5, 0.6) is 0 Å². The second-order valence-electron chi connectivity index (χ2n) is 5.11. The molecule has 112 valence electrons. The van der Waals surface area contributed by atoms with E-state index in [0.717, 1.165) is 31.2 Å². The van der Waals surface area contributed by atoms with E-state index in [-0.39, 0.29) is 0 Å². The molecule has 0 radical (unpaired) electrons. The molecule has 0 N–H and O–H groups in total. The number of piperazine rings is 1. The van der Waals surface area contributed by atoms with Gasteiger partial charge in [-0.2, -0.15) is 0 Å². The van der Waals surface area contributed by atoms with Gasteiger partial charge in [-0.3, -0.25) is 4.90 Å². The maximum atomic E-state index is 6.05. The number of aryl methyl sites for hydroxylation is 1. The van der Waals surface area contributed by atoms with Crippen molar-refractivity contribution in [1.82, 2.24) is 24.7 Å². The molecule has 1 saturated heterocycles. The van der Waals surface area contributed by atoms with E-state index >= 15 is 0 Å². The molecule has 0 atom stereocenters. The molecule has 2 heterocycles. The van der Waals surface area contributed by atoms with Gasteiger partial charge >= 0.3 is 0 Å². The van der Waals surface area contributed by atoms with Crippen LogP contribution in [-0.4, -0.2) is 50.9 Å². The Labute approximate surface area is 133 Å². The standard InChI is InChI=1S/C13H17ClN6S/c1-17-13(21)20(16-15-17)10-18-5-7-19(8-6-18)12-4-2-3-11(14)9-12/h2-4,9H,5-8,10H2,1H3. The smallest absolute Gasteiger partial charge is 0.216 e. The number of hydrogen-bond acceptors (Lipinski definition) is 5. The highest BCUT2D eigenvalue weighted by Gasteiger charge is 2.18. The molecule has 0 aliphatic carbocycles. The van der Waals surface area contributed by atoms with Crippen molar-refractivity contribution in [2.75, 3.05) is 31.1 Å². The van der Waals surface area contributed by atoms with Gasteiger partial charge in [-0.1, -0.05) is 17.7 Å². The highest BCUT2D eigenvalue weighted by Crippen LogP contribution is 2.20. The van der Waals surface area contributed by atoms with E-state index in [4.69, 9.17) is 23.8 Å². The van der Waals surface area contributed by atoms with Crippen molar-refractivity contribution in [1.29, 1.82) is 0 Å². The van der Waals surface area contributed by atoms with E-state index in [1.54, 1.807) is 9.36 Å². The molecule has 1 aromatic carbocycles. The predicted octanol–water partition coefficient (Wildman–Crippen LogP) is 1.78. The molecular weight excluding hydrogens is 308 g/mol. The van der Waals surface area contributed by atoms with Gasteiger partial charge in [-0.25, -0.2) is 9.36 Å². The summed E-state index contributed by atoms with van der Waals surface area (Å²) in [6, 6.07) is 8.00. The Hall–Kier alpha value is -1.44. The van der Waals surface area contributed by atoms with Crippen molar-refractivity contribution in [2.45, 2.75) is 6.67 Å². The average Bonchev–Trinajstić information content (AvgIpc) is 2.80. The second kappa shape index (κ2) is 6.13. The van der Waals surface area contributed by atoms with Crippen molar-refractivity contribution in [2.24, 2.45) is 7.05 Å². The maximum Gasteiger partial charge on any atom is 0.216 e. The van der Waals surface area contributed by atoms with Gasteiger partial charge in [-0.05, 0) is 40.8 Å². The van der Waals surface area contributed by atoms with E-state index in [1.165, 1.54) is 5.69 Å². The Kier molecular flexibility index (Phi) is 4.23. The zero-order chi connectivity index (χ0) is 14.8. The summed E-state index contributed by atoms with van der Waals surface area (Å²) < 4.78 is 4.01. The second-order valence-corrected chi connectivity index (χ2v) is 5.91. The molecule has 8 heteroatoms. The number of benzene rings is 1. The minimum atomic E-state index is 0.646. The molecule has 21 heavy (non-hydrogen) atoms. The number of tetrazole rings is 1. The zero-order valence-corrected chi connectivity index (χ0v) is 13.4. The molecule has 1 aromatic heterocycles. The summed E-state index contributed by atoms with van der Waals surface area (Å²) >= 11 is 11.3. The van der Waals surface area contributed by atoms with Gasteiger partial charge in [0.25, 0.3) is 0 Å². The fourth-order valence-electron chi connectivity index (χ4n) is 2.45. The summed E-state index contributed by atoms with van der Waals surface area (Å²) in [6.07, 6.45) is 0. The molecule has 1 fully saturated rings. The number of aromatic nitrogens is 4. The summed E-state index contributed by atoms with van der Waals surface area (Å²) in [6.45, 7) is 4.55. The monoisotopic (exact) mass is 324 g/mol. The molecule has 0 amide bonds. The van der Waals surface area contributed by atoms with Crippen LogP contribution in [0.1, 0.15) is 0 Å². The lowest BCUT2D eigenvalue weighted by atomic mass is 10.2. The number of hydrogen-bond donors (Lipinski definition) is 0. The van der Waals surface area contributed by atoms with Gasteiger partial charge in [0, 0.05) is 43.9 Å². The van der Waals surface area contributed by atoms with Crippen LogP contribution in [-0.2, 0) is 13.7 Å². The summed E-state index contributed by atoms with van der Waals surface area (Å²) in [7, 11) is 1.81. The van der Waals surface area contributed by atoms with E-state index in [9.17, 15) is 0 Å². The van der Waals surface area contributed by atoms with Gasteiger partial charge in [0.1, 0.15) is 0 Å². The number of halogens is 1. The molecule has 0 spiro atoms. The lowest BCUT2D eigenvalue weighted by molar-refractivity contribution is 0.193. The molecule has 3 rings (SSSR count). The summed E-state index contributed by atoms with van der Waals surface area (Å²) in [5.41, 5.74) is 1.18. The maximum absolute atomic E-state index is 6.05. The minimum Gasteiger partial charge on any atom is -0.369 e. The Bertz CT molecular complexity index is 673.